The SMILES string of the molecule is CC[C@@]1(O)C(=O)OCc2c1cc1n(c2=O)Cc2c-1nc1cc(F)c(C)c3c1c2[C@@H](NC(=O)CNC(=O)[C@H](Cc1ccccc1)NC(=O)CNC(=O)CNC(=O)[C@H](CCCC(=O)N[C@H]1O[C@H](C(=O)OC)[C@@H](OC(C)=O)[C@H](OC(C)=O)[C@H]1OC(C)=O)NC(=O)OCC1c2ccccc2-c2ccccc21)CC3. The molecule has 0 spiro atoms. The highest BCUT2D eigenvalue weighted by Crippen LogP contribution is 2.47. The third-order valence-electron chi connectivity index (χ3n) is 19.0. The average Bonchev–Trinajstić information content (AvgIpc) is 1.49. The maximum absolute atomic E-state index is 15.6. The van der Waals surface area contributed by atoms with Crippen LogP contribution in [0, 0.1) is 12.7 Å². The van der Waals surface area contributed by atoms with Gasteiger partial charge in [0.25, 0.3) is 5.56 Å². The van der Waals surface area contributed by atoms with Crippen molar-refractivity contribution in [2.45, 2.75) is 153 Å². The number of methoxy groups -OCH3 is 1. The fourth-order valence-corrected chi connectivity index (χ4v) is 14.1. The highest BCUT2D eigenvalue weighted by Gasteiger charge is 2.55. The molecule has 8 N–H and O–H groups in total. The van der Waals surface area contributed by atoms with Crippen molar-refractivity contribution >= 4 is 82.3 Å². The number of hydrogen-bond acceptors (Lipinski definition) is 22. The maximum Gasteiger partial charge on any atom is 0.407 e. The molecule has 2 aliphatic carbocycles. The van der Waals surface area contributed by atoms with Crippen molar-refractivity contribution in [1.29, 1.82) is 0 Å². The molecule has 9 atom stereocenters. The molecule has 2 aromatic heterocycles. The fraction of sp³-hybridized carbons (Fsp3) is 0.397. The van der Waals surface area contributed by atoms with Crippen LogP contribution in [0.5, 0.6) is 0 Å². The van der Waals surface area contributed by atoms with E-state index in [1.165, 1.54) is 16.7 Å². The number of rotatable bonds is 25. The number of aliphatic hydroxyl groups is 1. The second-order valence-corrected chi connectivity index (χ2v) is 25.7. The lowest BCUT2D eigenvalue weighted by atomic mass is 9.81. The predicted molar refractivity (Wildman–Crippen MR) is 361 cm³/mol. The van der Waals surface area contributed by atoms with E-state index in [0.29, 0.717) is 45.3 Å². The molecular weight excluding hydrogens is 1360 g/mol. The third kappa shape index (κ3) is 15.6. The van der Waals surface area contributed by atoms with E-state index < -0.39 is 163 Å². The molecule has 4 aromatic carbocycles. The van der Waals surface area contributed by atoms with Gasteiger partial charge < -0.3 is 80.0 Å². The average molecular weight is 1430 g/mol. The molecule has 6 aromatic rings. The molecule has 0 saturated carbocycles. The first-order valence-corrected chi connectivity index (χ1v) is 33.7. The van der Waals surface area contributed by atoms with Crippen LogP contribution in [0.4, 0.5) is 9.18 Å². The molecule has 1 fully saturated rings. The molecule has 0 unspecified atom stereocenters. The monoisotopic (exact) mass is 1430 g/mol. The van der Waals surface area contributed by atoms with Gasteiger partial charge in [-0.05, 0) is 89.6 Å². The molecule has 3 aliphatic heterocycles. The fourth-order valence-electron chi connectivity index (χ4n) is 14.1. The summed E-state index contributed by atoms with van der Waals surface area (Å²) in [6.07, 6.45) is -10.2. The number of benzene rings is 4. The van der Waals surface area contributed by atoms with Gasteiger partial charge in [0.05, 0.1) is 61.8 Å². The molecule has 0 radical (unpaired) electrons. The Balaban J connectivity index is 0.732. The largest absolute Gasteiger partial charge is 0.467 e. The van der Waals surface area contributed by atoms with Gasteiger partial charge in [-0.15, -0.1) is 0 Å². The summed E-state index contributed by atoms with van der Waals surface area (Å²) in [6, 6.07) is 23.0. The molecule has 7 amide bonds. The number of alkyl carbamates (subject to hydrolysis) is 1. The van der Waals surface area contributed by atoms with Crippen LogP contribution in [0.2, 0.25) is 0 Å². The minimum atomic E-state index is -2.11. The molecule has 546 valence electrons. The van der Waals surface area contributed by atoms with Gasteiger partial charge in [0.2, 0.25) is 35.4 Å². The van der Waals surface area contributed by atoms with Crippen LogP contribution < -0.4 is 42.8 Å². The van der Waals surface area contributed by atoms with Crippen LogP contribution in [0.3, 0.4) is 0 Å². The van der Waals surface area contributed by atoms with Crippen LogP contribution >= 0.6 is 0 Å². The smallest absolute Gasteiger partial charge is 0.407 e. The van der Waals surface area contributed by atoms with E-state index in [2.05, 4.69) is 37.2 Å². The van der Waals surface area contributed by atoms with Crippen LogP contribution in [-0.2, 0) is 117 Å². The summed E-state index contributed by atoms with van der Waals surface area (Å²) in [5, 5.41) is 30.1. The Bertz CT molecular complexity index is 4500. The molecule has 5 heterocycles. The topological polar surface area (TPSA) is 409 Å². The second-order valence-electron chi connectivity index (χ2n) is 25.7. The summed E-state index contributed by atoms with van der Waals surface area (Å²) in [4.78, 5) is 179. The summed E-state index contributed by atoms with van der Waals surface area (Å²) >= 11 is 0. The number of carbonyl (C=O) groups excluding carboxylic acids is 12. The number of pyridine rings is 2. The molecule has 1 saturated heterocycles. The maximum atomic E-state index is 15.6. The highest BCUT2D eigenvalue weighted by atomic mass is 19.1. The number of nitrogens with one attached hydrogen (secondary N) is 7. The molecule has 30 nitrogen and oxygen atoms in total. The van der Waals surface area contributed by atoms with Crippen molar-refractivity contribution in [3.63, 3.8) is 0 Å². The number of esters is 5. The number of nitrogens with zero attached hydrogens (tertiary/aromatic N) is 2. The van der Waals surface area contributed by atoms with E-state index in [-0.39, 0.29) is 80.1 Å². The minimum absolute atomic E-state index is 0.0175. The Morgan fingerprint density at radius 2 is 1.35 bits per heavy atom. The molecule has 5 aliphatic rings. The quantitative estimate of drug-likeness (QED) is 0.0301. The van der Waals surface area contributed by atoms with Crippen molar-refractivity contribution in [3.05, 3.63) is 157 Å². The number of halogens is 1. The lowest BCUT2D eigenvalue weighted by Gasteiger charge is -2.43. The van der Waals surface area contributed by atoms with Crippen molar-refractivity contribution in [3.8, 4) is 22.5 Å². The van der Waals surface area contributed by atoms with Gasteiger partial charge in [-0.1, -0.05) is 85.8 Å². The zero-order valence-electron chi connectivity index (χ0n) is 57.4. The second kappa shape index (κ2) is 31.4. The summed E-state index contributed by atoms with van der Waals surface area (Å²) in [6.45, 7) is 3.60. The Hall–Kier alpha value is -11.5. The van der Waals surface area contributed by atoms with Crippen molar-refractivity contribution in [2.75, 3.05) is 33.4 Å². The van der Waals surface area contributed by atoms with E-state index in [1.807, 2.05) is 48.5 Å². The number of cyclic esters (lactones) is 1. The standard InChI is InChI=1S/C73H76FN9O21/c1-7-73(97)48-27-54-61-45(32-83(54)69(93)47(48)34-99-71(73)95)60-50(25-24-40-35(2)49(74)28-52(80-61)59(40)60)78-58(90)31-77-67(92)53(26-39-16-9-8-10-17-39)79-57(89)30-75-56(88)29-76-66(91)51(81-72(96)100-33-46-43-20-13-11-18-41(43)42-19-12-14-21-44(42)46)22-15-23-55(87)82-68-64(103-38(5)86)62(101-36(3)84)63(102-37(4)85)65(104-68)70(94)98-6/h8-14,16-21,27-28,46,50-51,53,62-65,68,97H,7,15,22-26,29-34H2,1-6H3,(H,75,88)(H,76,91)(H,77,92)(H,78,90)(H,79,89)(H,81,96)(H,82,87)/t50-,51-,53-,62-,63-,64+,65-,68-,73-/m0/s1. The number of fused-ring (bicyclic) bond motifs is 8. The molecule has 0 bridgehead atoms. The van der Waals surface area contributed by atoms with Crippen molar-refractivity contribution in [2.24, 2.45) is 0 Å². The Morgan fingerprint density at radius 1 is 0.721 bits per heavy atom. The minimum Gasteiger partial charge on any atom is -0.467 e. The normalized spacial score (nSPS) is 20.0. The first kappa shape index (κ1) is 73.7. The van der Waals surface area contributed by atoms with Gasteiger partial charge in [-0.2, -0.15) is 0 Å². The molecule has 104 heavy (non-hydrogen) atoms. The number of hydrogen-bond donors (Lipinski definition) is 8. The lowest BCUT2D eigenvalue weighted by Crippen LogP contribution is -2.67. The first-order valence-electron chi connectivity index (χ1n) is 33.7. The Labute approximate surface area is 593 Å². The zero-order valence-corrected chi connectivity index (χ0v) is 57.4. The van der Waals surface area contributed by atoms with Crippen LogP contribution in [-0.4, -0.2) is 162 Å². The lowest BCUT2D eigenvalue weighted by molar-refractivity contribution is -0.252. The van der Waals surface area contributed by atoms with Gasteiger partial charge in [-0.25, -0.2) is 23.8 Å². The third-order valence-corrected chi connectivity index (χ3v) is 19.0. The van der Waals surface area contributed by atoms with E-state index in [4.69, 9.17) is 38.1 Å². The summed E-state index contributed by atoms with van der Waals surface area (Å²) in [5.74, 6) is -10.7. The number of amides is 7. The van der Waals surface area contributed by atoms with E-state index >= 15 is 4.39 Å². The van der Waals surface area contributed by atoms with Crippen LogP contribution in [0.15, 0.2) is 95.8 Å². The Kier molecular flexibility index (Phi) is 22.3. The van der Waals surface area contributed by atoms with Gasteiger partial charge in [0.1, 0.15) is 31.1 Å². The number of ether oxygens (including phenoxy) is 7. The molecule has 11 rings (SSSR count). The first-order chi connectivity index (χ1) is 49.8. The number of aromatic nitrogens is 2. The van der Waals surface area contributed by atoms with E-state index in [1.54, 1.807) is 44.2 Å². The van der Waals surface area contributed by atoms with Crippen LogP contribution in [0.25, 0.3) is 33.4 Å². The molecule has 31 heteroatoms. The molecular formula is C73H76FN9O21. The van der Waals surface area contributed by atoms with Gasteiger partial charge >= 0.3 is 35.9 Å². The number of carbonyl (C=O) groups is 12. The summed E-state index contributed by atoms with van der Waals surface area (Å²) in [5.41, 5.74) is 4.86. The van der Waals surface area contributed by atoms with Crippen LogP contribution in [0.1, 0.15) is 122 Å². The highest BCUT2D eigenvalue weighted by molar-refractivity contribution is 5.96. The van der Waals surface area contributed by atoms with Gasteiger partial charge in [0, 0.05) is 62.1 Å². The predicted octanol–water partition coefficient (Wildman–Crippen LogP) is 2.59. The van der Waals surface area contributed by atoms with E-state index in [9.17, 15) is 67.4 Å². The number of aryl methyl sites for hydroxylation is 1. The summed E-state index contributed by atoms with van der Waals surface area (Å²) < 4.78 is 54.8. The Morgan fingerprint density at radius 3 is 2.01 bits per heavy atom. The zero-order chi connectivity index (χ0) is 74.4. The van der Waals surface area contributed by atoms with Gasteiger partial charge in [-0.3, -0.25) is 47.9 Å². The van der Waals surface area contributed by atoms with Gasteiger partial charge in [0.15, 0.2) is 36.2 Å². The van der Waals surface area contributed by atoms with Crippen molar-refractivity contribution < 1.29 is 100 Å². The van der Waals surface area contributed by atoms with E-state index in [0.717, 1.165) is 50.1 Å². The summed E-state index contributed by atoms with van der Waals surface area (Å²) in [7, 11) is 0.993. The van der Waals surface area contributed by atoms with Crippen molar-refractivity contribution in [1.82, 2.24) is 46.8 Å².